The lowest BCUT2D eigenvalue weighted by atomic mass is 9.69. The highest BCUT2D eigenvalue weighted by Gasteiger charge is 2.35. The van der Waals surface area contributed by atoms with Gasteiger partial charge in [-0.2, -0.15) is 0 Å². The SMILES string of the molecule is Cc1ccc(NCC2(CN)CCC2)c(Br)c1. The minimum absolute atomic E-state index is 0.352. The summed E-state index contributed by atoms with van der Waals surface area (Å²) in [5.41, 5.74) is 8.64. The van der Waals surface area contributed by atoms with Crippen LogP contribution in [0, 0.1) is 12.3 Å². The molecule has 1 aromatic carbocycles. The molecular weight excluding hydrogens is 264 g/mol. The molecule has 1 aliphatic rings. The molecule has 1 aromatic rings. The van der Waals surface area contributed by atoms with E-state index in [-0.39, 0.29) is 0 Å². The molecular formula is C13H19BrN2. The standard InChI is InChI=1S/C13H19BrN2/c1-10-3-4-12(11(14)7-10)16-9-13(8-15)5-2-6-13/h3-4,7,16H,2,5-6,8-9,15H2,1H3. The third-order valence-corrected chi connectivity index (χ3v) is 4.28. The molecule has 0 spiro atoms. The zero-order valence-corrected chi connectivity index (χ0v) is 11.3. The number of aryl methyl sites for hydroxylation is 1. The van der Waals surface area contributed by atoms with E-state index in [2.05, 4.69) is 46.4 Å². The first-order chi connectivity index (χ1) is 7.65. The summed E-state index contributed by atoms with van der Waals surface area (Å²) in [6, 6.07) is 6.39. The number of benzene rings is 1. The normalized spacial score (nSPS) is 17.9. The van der Waals surface area contributed by atoms with Crippen LogP contribution in [0.25, 0.3) is 0 Å². The summed E-state index contributed by atoms with van der Waals surface area (Å²) < 4.78 is 1.14. The number of nitrogens with two attached hydrogens (primary N) is 1. The van der Waals surface area contributed by atoms with Crippen molar-refractivity contribution in [1.82, 2.24) is 0 Å². The van der Waals surface area contributed by atoms with Crippen molar-refractivity contribution in [3.8, 4) is 0 Å². The molecule has 88 valence electrons. The van der Waals surface area contributed by atoms with Crippen molar-refractivity contribution in [2.24, 2.45) is 11.1 Å². The lowest BCUT2D eigenvalue weighted by Gasteiger charge is -2.41. The molecule has 2 rings (SSSR count). The first-order valence-electron chi connectivity index (χ1n) is 5.85. The van der Waals surface area contributed by atoms with Crippen molar-refractivity contribution >= 4 is 21.6 Å². The van der Waals surface area contributed by atoms with Crippen LogP contribution in [-0.2, 0) is 0 Å². The predicted molar refractivity (Wildman–Crippen MR) is 72.7 cm³/mol. The molecule has 0 heterocycles. The molecule has 0 amide bonds. The van der Waals surface area contributed by atoms with Gasteiger partial charge in [-0.05, 0) is 65.4 Å². The Bertz CT molecular complexity index is 367. The minimum atomic E-state index is 0.352. The molecule has 0 aromatic heterocycles. The van der Waals surface area contributed by atoms with E-state index in [9.17, 15) is 0 Å². The van der Waals surface area contributed by atoms with Gasteiger partial charge in [-0.15, -0.1) is 0 Å². The molecule has 0 unspecified atom stereocenters. The third-order valence-electron chi connectivity index (χ3n) is 3.63. The van der Waals surface area contributed by atoms with Gasteiger partial charge in [-0.3, -0.25) is 0 Å². The zero-order valence-electron chi connectivity index (χ0n) is 9.72. The van der Waals surface area contributed by atoms with Crippen molar-refractivity contribution in [2.45, 2.75) is 26.2 Å². The Morgan fingerprint density at radius 1 is 1.44 bits per heavy atom. The molecule has 0 atom stereocenters. The van der Waals surface area contributed by atoms with E-state index in [0.717, 1.165) is 17.6 Å². The Kier molecular flexibility index (Phi) is 3.55. The van der Waals surface area contributed by atoms with Crippen LogP contribution in [0.4, 0.5) is 5.69 Å². The fourth-order valence-corrected chi connectivity index (χ4v) is 2.81. The van der Waals surface area contributed by atoms with Crippen molar-refractivity contribution in [3.05, 3.63) is 28.2 Å². The molecule has 2 nitrogen and oxygen atoms in total. The van der Waals surface area contributed by atoms with Crippen molar-refractivity contribution < 1.29 is 0 Å². The van der Waals surface area contributed by atoms with Crippen LogP contribution in [0.5, 0.6) is 0 Å². The predicted octanol–water partition coefficient (Wildman–Crippen LogP) is 3.30. The Balaban J connectivity index is 1.99. The smallest absolute Gasteiger partial charge is 0.0485 e. The maximum Gasteiger partial charge on any atom is 0.0485 e. The quantitative estimate of drug-likeness (QED) is 0.889. The van der Waals surface area contributed by atoms with Gasteiger partial charge in [0.25, 0.3) is 0 Å². The highest BCUT2D eigenvalue weighted by atomic mass is 79.9. The molecule has 0 bridgehead atoms. The highest BCUT2D eigenvalue weighted by molar-refractivity contribution is 9.10. The Labute approximate surface area is 106 Å². The number of nitrogens with one attached hydrogen (secondary N) is 1. The van der Waals surface area contributed by atoms with Gasteiger partial charge in [-0.25, -0.2) is 0 Å². The summed E-state index contributed by atoms with van der Waals surface area (Å²) in [7, 11) is 0. The second kappa shape index (κ2) is 4.76. The number of hydrogen-bond donors (Lipinski definition) is 2. The number of hydrogen-bond acceptors (Lipinski definition) is 2. The summed E-state index contributed by atoms with van der Waals surface area (Å²) in [6.07, 6.45) is 3.86. The summed E-state index contributed by atoms with van der Waals surface area (Å²) in [5, 5.41) is 3.51. The topological polar surface area (TPSA) is 38.0 Å². The van der Waals surface area contributed by atoms with Crippen LogP contribution < -0.4 is 11.1 Å². The second-order valence-corrected chi connectivity index (χ2v) is 5.75. The van der Waals surface area contributed by atoms with Crippen molar-refractivity contribution in [3.63, 3.8) is 0 Å². The van der Waals surface area contributed by atoms with Crippen LogP contribution in [0.1, 0.15) is 24.8 Å². The van der Waals surface area contributed by atoms with Crippen LogP contribution in [-0.4, -0.2) is 13.1 Å². The summed E-state index contributed by atoms with van der Waals surface area (Å²) in [4.78, 5) is 0. The van der Waals surface area contributed by atoms with Crippen LogP contribution in [0.3, 0.4) is 0 Å². The zero-order chi connectivity index (χ0) is 11.6. The molecule has 1 saturated carbocycles. The van der Waals surface area contributed by atoms with E-state index in [0.29, 0.717) is 5.41 Å². The maximum absolute atomic E-state index is 5.84. The molecule has 0 aliphatic heterocycles. The second-order valence-electron chi connectivity index (χ2n) is 4.89. The highest BCUT2D eigenvalue weighted by Crippen LogP contribution is 2.40. The van der Waals surface area contributed by atoms with E-state index in [1.54, 1.807) is 0 Å². The number of anilines is 1. The lowest BCUT2D eigenvalue weighted by Crippen LogP contribution is -2.43. The molecule has 16 heavy (non-hydrogen) atoms. The summed E-state index contributed by atoms with van der Waals surface area (Å²) >= 11 is 3.58. The lowest BCUT2D eigenvalue weighted by molar-refractivity contribution is 0.163. The van der Waals surface area contributed by atoms with Gasteiger partial charge in [0.05, 0.1) is 0 Å². The largest absolute Gasteiger partial charge is 0.384 e. The van der Waals surface area contributed by atoms with E-state index < -0.39 is 0 Å². The fraction of sp³-hybridized carbons (Fsp3) is 0.538. The van der Waals surface area contributed by atoms with Gasteiger partial charge in [0, 0.05) is 16.7 Å². The Morgan fingerprint density at radius 3 is 2.69 bits per heavy atom. The Morgan fingerprint density at radius 2 is 2.19 bits per heavy atom. The van der Waals surface area contributed by atoms with E-state index >= 15 is 0 Å². The first kappa shape index (κ1) is 11.9. The van der Waals surface area contributed by atoms with Gasteiger partial charge < -0.3 is 11.1 Å². The van der Waals surface area contributed by atoms with Gasteiger partial charge in [0.1, 0.15) is 0 Å². The van der Waals surface area contributed by atoms with E-state index in [1.807, 2.05) is 0 Å². The number of rotatable bonds is 4. The molecule has 1 aliphatic carbocycles. The first-order valence-corrected chi connectivity index (χ1v) is 6.65. The van der Waals surface area contributed by atoms with Crippen molar-refractivity contribution in [2.75, 3.05) is 18.4 Å². The summed E-state index contributed by atoms with van der Waals surface area (Å²) in [5.74, 6) is 0. The van der Waals surface area contributed by atoms with Crippen LogP contribution >= 0.6 is 15.9 Å². The number of halogens is 1. The van der Waals surface area contributed by atoms with E-state index in [4.69, 9.17) is 5.73 Å². The maximum atomic E-state index is 5.84. The minimum Gasteiger partial charge on any atom is -0.384 e. The van der Waals surface area contributed by atoms with Gasteiger partial charge >= 0.3 is 0 Å². The third kappa shape index (κ3) is 2.41. The van der Waals surface area contributed by atoms with Gasteiger partial charge in [0.2, 0.25) is 0 Å². The van der Waals surface area contributed by atoms with E-state index in [1.165, 1.54) is 30.5 Å². The Hall–Kier alpha value is -0.540. The average molecular weight is 283 g/mol. The van der Waals surface area contributed by atoms with Crippen LogP contribution in [0.15, 0.2) is 22.7 Å². The van der Waals surface area contributed by atoms with Gasteiger partial charge in [-0.1, -0.05) is 12.5 Å². The monoisotopic (exact) mass is 282 g/mol. The fourth-order valence-electron chi connectivity index (χ4n) is 2.18. The van der Waals surface area contributed by atoms with Gasteiger partial charge in [0.15, 0.2) is 0 Å². The summed E-state index contributed by atoms with van der Waals surface area (Å²) in [6.45, 7) is 3.89. The molecule has 3 heteroatoms. The van der Waals surface area contributed by atoms with Crippen molar-refractivity contribution in [1.29, 1.82) is 0 Å². The van der Waals surface area contributed by atoms with Crippen LogP contribution in [0.2, 0.25) is 0 Å². The average Bonchev–Trinajstić information content (AvgIpc) is 2.19. The molecule has 1 fully saturated rings. The molecule has 0 saturated heterocycles. The molecule has 0 radical (unpaired) electrons. The molecule has 3 N–H and O–H groups in total.